The summed E-state index contributed by atoms with van der Waals surface area (Å²) in [6, 6.07) is 3.17. The van der Waals surface area contributed by atoms with E-state index in [0.717, 1.165) is 25.9 Å². The zero-order valence-corrected chi connectivity index (χ0v) is 11.0. The van der Waals surface area contributed by atoms with Gasteiger partial charge >= 0.3 is 5.69 Å². The van der Waals surface area contributed by atoms with E-state index in [1.54, 1.807) is 18.3 Å². The number of nitro groups is 1. The van der Waals surface area contributed by atoms with E-state index in [-0.39, 0.29) is 10.6 Å². The first-order valence-electron chi connectivity index (χ1n) is 7.05. The van der Waals surface area contributed by atoms with Crippen molar-refractivity contribution in [3.8, 4) is 0 Å². The van der Waals surface area contributed by atoms with E-state index < -0.39 is 0 Å². The van der Waals surface area contributed by atoms with Crippen LogP contribution < -0.4 is 4.90 Å². The molecule has 1 saturated carbocycles. The molecule has 1 aliphatic carbocycles. The van der Waals surface area contributed by atoms with Gasteiger partial charge in [-0.15, -0.1) is 0 Å². The topological polar surface area (TPSA) is 59.3 Å². The largest absolute Gasteiger partial charge is 0.351 e. The molecular weight excluding hydrogens is 242 g/mol. The zero-order chi connectivity index (χ0) is 13.3. The number of nitrogens with zero attached hydrogens (tertiary/aromatic N) is 3. The average Bonchev–Trinajstić information content (AvgIpc) is 2.88. The van der Waals surface area contributed by atoms with Crippen molar-refractivity contribution in [3.63, 3.8) is 0 Å². The van der Waals surface area contributed by atoms with Gasteiger partial charge in [0, 0.05) is 25.4 Å². The van der Waals surface area contributed by atoms with Crippen LogP contribution in [0.15, 0.2) is 18.3 Å². The van der Waals surface area contributed by atoms with Gasteiger partial charge in [0.2, 0.25) is 5.82 Å². The SMILES string of the molecule is O=[N+]([O-])c1cccnc1N1CCC2(CCCC2)CC1. The smallest absolute Gasteiger partial charge is 0.311 e. The quantitative estimate of drug-likeness (QED) is 0.606. The van der Waals surface area contributed by atoms with Crippen molar-refractivity contribution in [3.05, 3.63) is 28.4 Å². The van der Waals surface area contributed by atoms with Crippen molar-refractivity contribution in [2.75, 3.05) is 18.0 Å². The fourth-order valence-corrected chi connectivity index (χ4v) is 3.59. The van der Waals surface area contributed by atoms with Gasteiger partial charge in [0.15, 0.2) is 0 Å². The molecule has 1 saturated heterocycles. The van der Waals surface area contributed by atoms with Crippen LogP contribution in [0.4, 0.5) is 11.5 Å². The molecule has 0 bridgehead atoms. The summed E-state index contributed by atoms with van der Waals surface area (Å²) in [6.45, 7) is 1.80. The van der Waals surface area contributed by atoms with Crippen molar-refractivity contribution in [1.29, 1.82) is 0 Å². The molecule has 2 fully saturated rings. The Morgan fingerprint density at radius 2 is 1.89 bits per heavy atom. The third kappa shape index (κ3) is 2.29. The molecule has 2 aliphatic rings. The van der Waals surface area contributed by atoms with Gasteiger partial charge in [-0.25, -0.2) is 4.98 Å². The molecule has 1 aromatic rings. The molecule has 0 amide bonds. The number of pyridine rings is 1. The first-order valence-corrected chi connectivity index (χ1v) is 7.05. The zero-order valence-electron chi connectivity index (χ0n) is 11.0. The molecule has 1 spiro atoms. The predicted octanol–water partition coefficient (Wildman–Crippen LogP) is 3.15. The lowest BCUT2D eigenvalue weighted by atomic mass is 9.77. The van der Waals surface area contributed by atoms with Crippen LogP contribution in [0.5, 0.6) is 0 Å². The van der Waals surface area contributed by atoms with Crippen molar-refractivity contribution >= 4 is 11.5 Å². The lowest BCUT2D eigenvalue weighted by Gasteiger charge is -2.39. The van der Waals surface area contributed by atoms with Gasteiger partial charge in [-0.3, -0.25) is 10.1 Å². The second kappa shape index (κ2) is 4.79. The molecule has 5 heteroatoms. The van der Waals surface area contributed by atoms with E-state index in [1.165, 1.54) is 25.7 Å². The molecule has 102 valence electrons. The maximum absolute atomic E-state index is 11.1. The number of piperidine rings is 1. The van der Waals surface area contributed by atoms with E-state index in [1.807, 2.05) is 0 Å². The minimum atomic E-state index is -0.331. The summed E-state index contributed by atoms with van der Waals surface area (Å²) in [4.78, 5) is 17.0. The molecule has 2 heterocycles. The second-order valence-corrected chi connectivity index (χ2v) is 5.80. The van der Waals surface area contributed by atoms with E-state index in [0.29, 0.717) is 11.2 Å². The standard InChI is InChI=1S/C14H19N3O2/c18-17(19)12-4-3-9-15-13(12)16-10-7-14(8-11-16)5-1-2-6-14/h3-4,9H,1-2,5-8,10-11H2. The summed E-state index contributed by atoms with van der Waals surface area (Å²) in [7, 11) is 0. The van der Waals surface area contributed by atoms with E-state index >= 15 is 0 Å². The first kappa shape index (κ1) is 12.4. The molecule has 0 radical (unpaired) electrons. The normalized spacial score (nSPS) is 21.8. The number of hydrogen-bond donors (Lipinski definition) is 0. The van der Waals surface area contributed by atoms with Crippen LogP contribution in [0.3, 0.4) is 0 Å². The molecule has 5 nitrogen and oxygen atoms in total. The summed E-state index contributed by atoms with van der Waals surface area (Å²) >= 11 is 0. The Kier molecular flexibility index (Phi) is 3.12. The fourth-order valence-electron chi connectivity index (χ4n) is 3.59. The molecular formula is C14H19N3O2. The highest BCUT2D eigenvalue weighted by molar-refractivity contribution is 5.57. The van der Waals surface area contributed by atoms with Crippen molar-refractivity contribution in [2.45, 2.75) is 38.5 Å². The van der Waals surface area contributed by atoms with Crippen LogP contribution in [0.1, 0.15) is 38.5 Å². The van der Waals surface area contributed by atoms with Crippen LogP contribution >= 0.6 is 0 Å². The van der Waals surface area contributed by atoms with Gasteiger partial charge in [-0.2, -0.15) is 0 Å². The maximum Gasteiger partial charge on any atom is 0.311 e. The third-order valence-corrected chi connectivity index (χ3v) is 4.75. The van der Waals surface area contributed by atoms with Crippen LogP contribution in [0.25, 0.3) is 0 Å². The minimum Gasteiger partial charge on any atom is -0.351 e. The lowest BCUT2D eigenvalue weighted by Crippen LogP contribution is -2.39. The van der Waals surface area contributed by atoms with Gasteiger partial charge in [-0.05, 0) is 37.2 Å². The van der Waals surface area contributed by atoms with E-state index in [9.17, 15) is 10.1 Å². The fraction of sp³-hybridized carbons (Fsp3) is 0.643. The number of rotatable bonds is 2. The van der Waals surface area contributed by atoms with Gasteiger partial charge in [0.05, 0.1) is 4.92 Å². The molecule has 0 atom stereocenters. The van der Waals surface area contributed by atoms with Crippen LogP contribution in [-0.2, 0) is 0 Å². The Morgan fingerprint density at radius 3 is 2.53 bits per heavy atom. The Labute approximate surface area is 112 Å². The minimum absolute atomic E-state index is 0.130. The van der Waals surface area contributed by atoms with Crippen molar-refractivity contribution in [1.82, 2.24) is 4.98 Å². The lowest BCUT2D eigenvalue weighted by molar-refractivity contribution is -0.384. The summed E-state index contributed by atoms with van der Waals surface area (Å²) in [6.07, 6.45) is 9.33. The summed E-state index contributed by atoms with van der Waals surface area (Å²) in [5.41, 5.74) is 0.657. The second-order valence-electron chi connectivity index (χ2n) is 5.80. The van der Waals surface area contributed by atoms with Gasteiger partial charge in [0.1, 0.15) is 0 Å². The molecule has 3 rings (SSSR count). The Hall–Kier alpha value is -1.65. The highest BCUT2D eigenvalue weighted by Crippen LogP contribution is 2.47. The molecule has 0 aromatic carbocycles. The van der Waals surface area contributed by atoms with Gasteiger partial charge in [0.25, 0.3) is 0 Å². The van der Waals surface area contributed by atoms with Crippen molar-refractivity contribution < 1.29 is 4.92 Å². The Morgan fingerprint density at radius 1 is 1.21 bits per heavy atom. The molecule has 0 unspecified atom stereocenters. The number of aromatic nitrogens is 1. The van der Waals surface area contributed by atoms with Crippen LogP contribution in [0, 0.1) is 15.5 Å². The summed E-state index contributed by atoms with van der Waals surface area (Å²) in [5, 5.41) is 11.1. The first-order chi connectivity index (χ1) is 9.20. The highest BCUT2D eigenvalue weighted by Gasteiger charge is 2.38. The molecule has 1 aromatic heterocycles. The van der Waals surface area contributed by atoms with Gasteiger partial charge in [-0.1, -0.05) is 12.8 Å². The maximum atomic E-state index is 11.1. The monoisotopic (exact) mass is 261 g/mol. The Balaban J connectivity index is 1.76. The van der Waals surface area contributed by atoms with Crippen molar-refractivity contribution in [2.24, 2.45) is 5.41 Å². The Bertz CT molecular complexity index is 473. The molecule has 1 aliphatic heterocycles. The van der Waals surface area contributed by atoms with E-state index in [2.05, 4.69) is 9.88 Å². The summed E-state index contributed by atoms with van der Waals surface area (Å²) in [5.74, 6) is 0.542. The summed E-state index contributed by atoms with van der Waals surface area (Å²) < 4.78 is 0. The average molecular weight is 261 g/mol. The number of hydrogen-bond acceptors (Lipinski definition) is 4. The molecule has 19 heavy (non-hydrogen) atoms. The highest BCUT2D eigenvalue weighted by atomic mass is 16.6. The number of anilines is 1. The van der Waals surface area contributed by atoms with Crippen LogP contribution in [-0.4, -0.2) is 23.0 Å². The molecule has 0 N–H and O–H groups in total. The van der Waals surface area contributed by atoms with E-state index in [4.69, 9.17) is 0 Å². The van der Waals surface area contributed by atoms with Crippen LogP contribution in [0.2, 0.25) is 0 Å². The predicted molar refractivity (Wildman–Crippen MR) is 73.2 cm³/mol. The van der Waals surface area contributed by atoms with Gasteiger partial charge < -0.3 is 4.90 Å². The third-order valence-electron chi connectivity index (χ3n) is 4.75.